The lowest BCUT2D eigenvalue weighted by Crippen LogP contribution is -2.48. The molecule has 1 aliphatic rings. The molecule has 2 atom stereocenters. The van der Waals surface area contributed by atoms with Crippen LogP contribution in [0.1, 0.15) is 24.8 Å². The van der Waals surface area contributed by atoms with E-state index >= 15 is 0 Å². The average Bonchev–Trinajstić information content (AvgIpc) is 2.39. The first-order valence-electron chi connectivity index (χ1n) is 5.73. The van der Waals surface area contributed by atoms with Crippen molar-refractivity contribution in [3.63, 3.8) is 0 Å². The number of likely N-dealkylation sites (N-methyl/N-ethyl adjacent to an activating group) is 1. The summed E-state index contributed by atoms with van der Waals surface area (Å²) < 4.78 is 11.9. The molecule has 0 saturated carbocycles. The van der Waals surface area contributed by atoms with Gasteiger partial charge in [0.05, 0.1) is 4.99 Å². The van der Waals surface area contributed by atoms with E-state index in [2.05, 4.69) is 10.3 Å². The molecule has 1 aromatic rings. The predicted octanol–water partition coefficient (Wildman–Crippen LogP) is 1.76. The molecule has 2 rings (SSSR count). The van der Waals surface area contributed by atoms with Gasteiger partial charge in [-0.2, -0.15) is 0 Å². The molecule has 3 nitrogen and oxygen atoms in total. The largest absolute Gasteiger partial charge is 0.381 e. The number of thiocarbonyl (C=S) groups is 1. The van der Waals surface area contributed by atoms with Crippen molar-refractivity contribution in [2.45, 2.75) is 24.0 Å². The molecular formula is C12H16N2OS2. The van der Waals surface area contributed by atoms with Gasteiger partial charge in [-0.05, 0) is 24.5 Å². The van der Waals surface area contributed by atoms with Crippen LogP contribution in [0, 0.1) is 0 Å². The fourth-order valence-corrected chi connectivity index (χ4v) is 4.70. The minimum Gasteiger partial charge on any atom is -0.381 e. The highest BCUT2D eigenvalue weighted by Crippen LogP contribution is 2.38. The SMILES string of the molecule is CNC(=S)[C@]1(c2cccnc2)CCCCS1=O. The third-order valence-electron chi connectivity index (χ3n) is 3.22. The monoisotopic (exact) mass is 268 g/mol. The third-order valence-corrected chi connectivity index (χ3v) is 5.98. The molecule has 0 spiro atoms. The first-order valence-corrected chi connectivity index (χ1v) is 7.45. The van der Waals surface area contributed by atoms with E-state index in [0.29, 0.717) is 4.99 Å². The summed E-state index contributed by atoms with van der Waals surface area (Å²) in [5.41, 5.74) is 0.970. The van der Waals surface area contributed by atoms with Crippen LogP contribution in [0.15, 0.2) is 24.5 Å². The minimum atomic E-state index is -0.961. The second-order valence-electron chi connectivity index (χ2n) is 4.15. The van der Waals surface area contributed by atoms with Crippen LogP contribution in [0.4, 0.5) is 0 Å². The van der Waals surface area contributed by atoms with Gasteiger partial charge in [-0.1, -0.05) is 24.7 Å². The Hall–Kier alpha value is -0.810. The van der Waals surface area contributed by atoms with Crippen molar-refractivity contribution in [3.8, 4) is 0 Å². The quantitative estimate of drug-likeness (QED) is 0.830. The van der Waals surface area contributed by atoms with Crippen LogP contribution < -0.4 is 5.32 Å². The van der Waals surface area contributed by atoms with Gasteiger partial charge < -0.3 is 5.32 Å². The summed E-state index contributed by atoms with van der Waals surface area (Å²) in [6, 6.07) is 3.85. The Morgan fingerprint density at radius 2 is 2.41 bits per heavy atom. The Balaban J connectivity index is 2.50. The molecule has 1 aromatic heterocycles. The second kappa shape index (κ2) is 5.23. The fraction of sp³-hybridized carbons (Fsp3) is 0.500. The molecule has 1 unspecified atom stereocenters. The number of pyridine rings is 1. The molecule has 0 aromatic carbocycles. The lowest BCUT2D eigenvalue weighted by Gasteiger charge is -2.36. The Morgan fingerprint density at radius 3 is 3.00 bits per heavy atom. The maximum Gasteiger partial charge on any atom is 0.122 e. The van der Waals surface area contributed by atoms with E-state index in [1.165, 1.54) is 0 Å². The van der Waals surface area contributed by atoms with Crippen molar-refractivity contribution in [3.05, 3.63) is 30.1 Å². The molecule has 17 heavy (non-hydrogen) atoms. The van der Waals surface area contributed by atoms with Gasteiger partial charge in [0.2, 0.25) is 0 Å². The molecule has 2 heterocycles. The summed E-state index contributed by atoms with van der Waals surface area (Å²) in [6.45, 7) is 0. The van der Waals surface area contributed by atoms with E-state index in [1.54, 1.807) is 19.4 Å². The van der Waals surface area contributed by atoms with Gasteiger partial charge in [0, 0.05) is 36.0 Å². The maximum absolute atomic E-state index is 12.5. The van der Waals surface area contributed by atoms with Crippen LogP contribution >= 0.6 is 12.2 Å². The zero-order valence-corrected chi connectivity index (χ0v) is 11.4. The van der Waals surface area contributed by atoms with Crippen LogP contribution in [0.3, 0.4) is 0 Å². The maximum atomic E-state index is 12.5. The van der Waals surface area contributed by atoms with Crippen molar-refractivity contribution in [2.24, 2.45) is 0 Å². The van der Waals surface area contributed by atoms with Gasteiger partial charge >= 0.3 is 0 Å². The Labute approximate surface area is 109 Å². The molecular weight excluding hydrogens is 252 g/mol. The molecule has 1 N–H and O–H groups in total. The van der Waals surface area contributed by atoms with Gasteiger partial charge in [0.15, 0.2) is 0 Å². The fourth-order valence-electron chi connectivity index (χ4n) is 2.32. The lowest BCUT2D eigenvalue weighted by atomic mass is 9.93. The molecule has 1 saturated heterocycles. The number of nitrogens with zero attached hydrogens (tertiary/aromatic N) is 1. The minimum absolute atomic E-state index is 0.531. The molecule has 1 fully saturated rings. The van der Waals surface area contributed by atoms with Gasteiger partial charge in [-0.25, -0.2) is 0 Å². The van der Waals surface area contributed by atoms with Gasteiger partial charge in [-0.15, -0.1) is 0 Å². The highest BCUT2D eigenvalue weighted by molar-refractivity contribution is 7.90. The summed E-state index contributed by atoms with van der Waals surface area (Å²) in [4.78, 5) is 4.80. The van der Waals surface area contributed by atoms with E-state index < -0.39 is 15.5 Å². The smallest absolute Gasteiger partial charge is 0.122 e. The Morgan fingerprint density at radius 1 is 1.59 bits per heavy atom. The van der Waals surface area contributed by atoms with Crippen LogP contribution in [-0.2, 0) is 15.5 Å². The van der Waals surface area contributed by atoms with Crippen molar-refractivity contribution in [2.75, 3.05) is 12.8 Å². The average molecular weight is 268 g/mol. The molecule has 0 amide bonds. The van der Waals surface area contributed by atoms with Gasteiger partial charge in [-0.3, -0.25) is 9.19 Å². The molecule has 0 radical (unpaired) electrons. The molecule has 92 valence electrons. The number of aromatic nitrogens is 1. The molecule has 5 heteroatoms. The van der Waals surface area contributed by atoms with Gasteiger partial charge in [0.25, 0.3) is 0 Å². The van der Waals surface area contributed by atoms with E-state index in [4.69, 9.17) is 12.2 Å². The molecule has 0 aliphatic carbocycles. The number of hydrogen-bond donors (Lipinski definition) is 1. The summed E-state index contributed by atoms with van der Waals surface area (Å²) in [5, 5.41) is 3.02. The van der Waals surface area contributed by atoms with Crippen molar-refractivity contribution < 1.29 is 4.21 Å². The zero-order valence-electron chi connectivity index (χ0n) is 9.81. The van der Waals surface area contributed by atoms with E-state index in [0.717, 1.165) is 30.6 Å². The zero-order chi connectivity index (χ0) is 12.3. The van der Waals surface area contributed by atoms with Gasteiger partial charge in [0.1, 0.15) is 4.75 Å². The predicted molar refractivity (Wildman–Crippen MR) is 74.4 cm³/mol. The summed E-state index contributed by atoms with van der Waals surface area (Å²) in [6.07, 6.45) is 6.42. The van der Waals surface area contributed by atoms with Crippen LogP contribution in [0.2, 0.25) is 0 Å². The summed E-state index contributed by atoms with van der Waals surface area (Å²) >= 11 is 5.41. The molecule has 1 aliphatic heterocycles. The topological polar surface area (TPSA) is 42.0 Å². The first kappa shape index (κ1) is 12.6. The van der Waals surface area contributed by atoms with Crippen LogP contribution in [-0.4, -0.2) is 27.0 Å². The first-order chi connectivity index (χ1) is 8.21. The third kappa shape index (κ3) is 2.13. The number of rotatable bonds is 2. The highest BCUT2D eigenvalue weighted by Gasteiger charge is 2.44. The standard InChI is InChI=1S/C12H16N2OS2/c1-13-11(16)12(6-2-3-8-17(12)15)10-5-4-7-14-9-10/h4-5,7,9H,2-3,6,8H2,1H3,(H,13,16)/t12-,17?/m1/s1. The molecule has 0 bridgehead atoms. The van der Waals surface area contributed by atoms with Crippen molar-refractivity contribution in [1.29, 1.82) is 0 Å². The van der Waals surface area contributed by atoms with Crippen molar-refractivity contribution >= 4 is 28.0 Å². The van der Waals surface area contributed by atoms with Crippen LogP contribution in [0.5, 0.6) is 0 Å². The number of hydrogen-bond acceptors (Lipinski definition) is 3. The Kier molecular flexibility index (Phi) is 3.89. The van der Waals surface area contributed by atoms with Crippen molar-refractivity contribution in [1.82, 2.24) is 10.3 Å². The summed E-state index contributed by atoms with van der Waals surface area (Å²) in [7, 11) is 0.837. The highest BCUT2D eigenvalue weighted by atomic mass is 32.2. The summed E-state index contributed by atoms with van der Waals surface area (Å²) in [5.74, 6) is 0.719. The van der Waals surface area contributed by atoms with E-state index in [1.807, 2.05) is 12.1 Å². The normalized spacial score (nSPS) is 28.6. The van der Waals surface area contributed by atoms with Crippen LogP contribution in [0.25, 0.3) is 0 Å². The number of nitrogens with one attached hydrogen (secondary N) is 1. The Bertz CT molecular complexity index is 425. The second-order valence-corrected chi connectivity index (χ2v) is 6.36. The lowest BCUT2D eigenvalue weighted by molar-refractivity contribution is 0.573. The van der Waals surface area contributed by atoms with E-state index in [9.17, 15) is 4.21 Å². The van der Waals surface area contributed by atoms with E-state index in [-0.39, 0.29) is 0 Å².